The molecule has 0 aromatic heterocycles. The number of hydrogen-bond acceptors (Lipinski definition) is 4. The van der Waals surface area contributed by atoms with Crippen molar-refractivity contribution in [3.63, 3.8) is 0 Å². The van der Waals surface area contributed by atoms with Gasteiger partial charge in [-0.1, -0.05) is 25.4 Å². The number of nitrogens with one attached hydrogen (secondary N) is 1. The highest BCUT2D eigenvalue weighted by Crippen LogP contribution is 2.23. The van der Waals surface area contributed by atoms with Crippen LogP contribution in [-0.4, -0.2) is 33.1 Å². The second kappa shape index (κ2) is 7.12. The standard InChI is InChI=1S/C13H20ClNO3S/c1-10(2)15-9-11-8-12(14)4-5-13(11)18-6-7-19(3,16)17/h4-5,8,10,15H,6-7,9H2,1-3H3. The smallest absolute Gasteiger partial charge is 0.150 e. The van der Waals surface area contributed by atoms with Crippen molar-refractivity contribution < 1.29 is 13.2 Å². The summed E-state index contributed by atoms with van der Waals surface area (Å²) in [4.78, 5) is 0. The zero-order valence-corrected chi connectivity index (χ0v) is 13.0. The van der Waals surface area contributed by atoms with Gasteiger partial charge in [-0.15, -0.1) is 0 Å². The fourth-order valence-corrected chi connectivity index (χ4v) is 2.02. The van der Waals surface area contributed by atoms with E-state index in [0.717, 1.165) is 5.56 Å². The van der Waals surface area contributed by atoms with E-state index < -0.39 is 9.84 Å². The molecule has 0 saturated carbocycles. The van der Waals surface area contributed by atoms with Crippen LogP contribution in [0.1, 0.15) is 19.4 Å². The Kier molecular flexibility index (Phi) is 6.10. The largest absolute Gasteiger partial charge is 0.492 e. The van der Waals surface area contributed by atoms with Gasteiger partial charge in [0, 0.05) is 29.4 Å². The number of rotatable bonds is 7. The molecule has 4 nitrogen and oxygen atoms in total. The second-order valence-corrected chi connectivity index (χ2v) is 7.46. The number of benzene rings is 1. The van der Waals surface area contributed by atoms with E-state index in [1.54, 1.807) is 12.1 Å². The molecule has 1 N–H and O–H groups in total. The molecule has 0 amide bonds. The zero-order valence-electron chi connectivity index (χ0n) is 11.4. The lowest BCUT2D eigenvalue weighted by Crippen LogP contribution is -2.22. The molecule has 0 bridgehead atoms. The van der Waals surface area contributed by atoms with E-state index in [9.17, 15) is 8.42 Å². The third-order valence-corrected chi connectivity index (χ3v) is 3.58. The minimum Gasteiger partial charge on any atom is -0.492 e. The van der Waals surface area contributed by atoms with Crippen LogP contribution < -0.4 is 10.1 Å². The Morgan fingerprint density at radius 1 is 1.37 bits per heavy atom. The molecule has 0 aliphatic rings. The Bertz CT molecular complexity index is 515. The molecule has 0 unspecified atom stereocenters. The molecular weight excluding hydrogens is 286 g/mol. The first-order valence-corrected chi connectivity index (χ1v) is 8.54. The third kappa shape index (κ3) is 6.80. The molecule has 0 spiro atoms. The summed E-state index contributed by atoms with van der Waals surface area (Å²) in [6.07, 6.45) is 1.19. The second-order valence-electron chi connectivity index (χ2n) is 4.77. The first kappa shape index (κ1) is 16.3. The molecule has 0 heterocycles. The van der Waals surface area contributed by atoms with Gasteiger partial charge in [0.25, 0.3) is 0 Å². The molecule has 6 heteroatoms. The Balaban J connectivity index is 2.70. The predicted molar refractivity (Wildman–Crippen MR) is 78.6 cm³/mol. The topological polar surface area (TPSA) is 55.4 Å². The first-order chi connectivity index (χ1) is 8.78. The van der Waals surface area contributed by atoms with Gasteiger partial charge in [0.05, 0.1) is 5.75 Å². The summed E-state index contributed by atoms with van der Waals surface area (Å²) in [6, 6.07) is 5.67. The molecule has 1 aromatic rings. The van der Waals surface area contributed by atoms with Crippen molar-refractivity contribution in [1.29, 1.82) is 0 Å². The van der Waals surface area contributed by atoms with Crippen molar-refractivity contribution >= 4 is 21.4 Å². The van der Waals surface area contributed by atoms with Crippen LogP contribution in [0.4, 0.5) is 0 Å². The van der Waals surface area contributed by atoms with E-state index in [-0.39, 0.29) is 12.4 Å². The Hall–Kier alpha value is -0.780. The van der Waals surface area contributed by atoms with Crippen LogP contribution in [0.15, 0.2) is 18.2 Å². The summed E-state index contributed by atoms with van der Waals surface area (Å²) >= 11 is 5.96. The first-order valence-electron chi connectivity index (χ1n) is 6.10. The maximum atomic E-state index is 11.1. The summed E-state index contributed by atoms with van der Waals surface area (Å²) in [6.45, 7) is 4.88. The van der Waals surface area contributed by atoms with Crippen molar-refractivity contribution in [3.05, 3.63) is 28.8 Å². The molecule has 0 atom stereocenters. The number of ether oxygens (including phenoxy) is 1. The molecule has 0 aliphatic carbocycles. The Labute approximate surface area is 120 Å². The molecule has 108 valence electrons. The highest BCUT2D eigenvalue weighted by molar-refractivity contribution is 7.90. The number of sulfone groups is 1. The van der Waals surface area contributed by atoms with E-state index >= 15 is 0 Å². The van der Waals surface area contributed by atoms with E-state index in [2.05, 4.69) is 19.2 Å². The summed E-state index contributed by atoms with van der Waals surface area (Å²) < 4.78 is 27.6. The van der Waals surface area contributed by atoms with E-state index in [0.29, 0.717) is 23.4 Å². The van der Waals surface area contributed by atoms with Crippen LogP contribution in [0.5, 0.6) is 5.75 Å². The Morgan fingerprint density at radius 3 is 2.63 bits per heavy atom. The highest BCUT2D eigenvalue weighted by atomic mass is 35.5. The van der Waals surface area contributed by atoms with E-state index in [1.807, 2.05) is 6.07 Å². The molecule has 0 fully saturated rings. The van der Waals surface area contributed by atoms with E-state index in [1.165, 1.54) is 6.26 Å². The van der Waals surface area contributed by atoms with Gasteiger partial charge in [-0.2, -0.15) is 0 Å². The monoisotopic (exact) mass is 305 g/mol. The fraction of sp³-hybridized carbons (Fsp3) is 0.538. The van der Waals surface area contributed by atoms with Crippen LogP contribution in [0.3, 0.4) is 0 Å². The van der Waals surface area contributed by atoms with Crippen molar-refractivity contribution in [2.75, 3.05) is 18.6 Å². The quantitative estimate of drug-likeness (QED) is 0.839. The zero-order chi connectivity index (χ0) is 14.5. The highest BCUT2D eigenvalue weighted by Gasteiger charge is 2.08. The normalized spacial score (nSPS) is 11.8. The molecule has 19 heavy (non-hydrogen) atoms. The van der Waals surface area contributed by atoms with E-state index in [4.69, 9.17) is 16.3 Å². The van der Waals surface area contributed by atoms with Gasteiger partial charge in [0.1, 0.15) is 12.4 Å². The summed E-state index contributed by atoms with van der Waals surface area (Å²) in [5.41, 5.74) is 0.926. The number of hydrogen-bond donors (Lipinski definition) is 1. The van der Waals surface area contributed by atoms with Crippen LogP contribution >= 0.6 is 11.6 Å². The SMILES string of the molecule is CC(C)NCc1cc(Cl)ccc1OCCS(C)(=O)=O. The minimum atomic E-state index is -3.01. The molecular formula is C13H20ClNO3S. The van der Waals surface area contributed by atoms with Gasteiger partial charge >= 0.3 is 0 Å². The van der Waals surface area contributed by atoms with Gasteiger partial charge in [-0.25, -0.2) is 8.42 Å². The number of halogens is 1. The van der Waals surface area contributed by atoms with Crippen LogP contribution in [-0.2, 0) is 16.4 Å². The van der Waals surface area contributed by atoms with Gasteiger partial charge in [-0.05, 0) is 18.2 Å². The maximum Gasteiger partial charge on any atom is 0.150 e. The van der Waals surface area contributed by atoms with Crippen LogP contribution in [0.2, 0.25) is 5.02 Å². The lowest BCUT2D eigenvalue weighted by Gasteiger charge is -2.14. The Morgan fingerprint density at radius 2 is 2.05 bits per heavy atom. The van der Waals surface area contributed by atoms with Crippen molar-refractivity contribution in [1.82, 2.24) is 5.32 Å². The molecule has 1 aromatic carbocycles. The van der Waals surface area contributed by atoms with Gasteiger partial charge in [-0.3, -0.25) is 0 Å². The van der Waals surface area contributed by atoms with Gasteiger partial charge in [0.2, 0.25) is 0 Å². The molecule has 0 aliphatic heterocycles. The third-order valence-electron chi connectivity index (χ3n) is 2.43. The van der Waals surface area contributed by atoms with Crippen LogP contribution in [0.25, 0.3) is 0 Å². The molecule has 0 radical (unpaired) electrons. The lowest BCUT2D eigenvalue weighted by molar-refractivity contribution is 0.336. The minimum absolute atomic E-state index is 0.00662. The van der Waals surface area contributed by atoms with Crippen molar-refractivity contribution in [2.45, 2.75) is 26.4 Å². The lowest BCUT2D eigenvalue weighted by atomic mass is 10.2. The maximum absolute atomic E-state index is 11.1. The van der Waals surface area contributed by atoms with Gasteiger partial charge < -0.3 is 10.1 Å². The summed E-state index contributed by atoms with van der Waals surface area (Å²) in [5, 5.41) is 3.91. The fourth-order valence-electron chi connectivity index (χ4n) is 1.44. The average molecular weight is 306 g/mol. The summed E-state index contributed by atoms with van der Waals surface area (Å²) in [5.74, 6) is 0.674. The molecule has 0 saturated heterocycles. The van der Waals surface area contributed by atoms with Crippen molar-refractivity contribution in [3.8, 4) is 5.75 Å². The van der Waals surface area contributed by atoms with Gasteiger partial charge in [0.15, 0.2) is 9.84 Å². The predicted octanol–water partition coefficient (Wildman–Crippen LogP) is 2.26. The van der Waals surface area contributed by atoms with Crippen LogP contribution in [0, 0.1) is 0 Å². The summed E-state index contributed by atoms with van der Waals surface area (Å²) in [7, 11) is -3.01. The van der Waals surface area contributed by atoms with Crippen molar-refractivity contribution in [2.24, 2.45) is 0 Å². The average Bonchev–Trinajstić information content (AvgIpc) is 2.27. The molecule has 1 rings (SSSR count).